The average molecular weight is 1070 g/mol. The fourth-order valence-corrected chi connectivity index (χ4v) is 8.66. The molecule has 0 aliphatic carbocycles. The molecular formula is C60H43N5O2Pt-2. The van der Waals surface area contributed by atoms with Gasteiger partial charge in [0.25, 0.3) is 6.33 Å². The minimum Gasteiger partial charge on any atom is -0.510 e. The number of imidazole rings is 1. The summed E-state index contributed by atoms with van der Waals surface area (Å²) >= 11 is 0. The van der Waals surface area contributed by atoms with Gasteiger partial charge in [-0.25, -0.2) is 4.98 Å². The van der Waals surface area contributed by atoms with Crippen LogP contribution in [0.1, 0.15) is 40.0 Å². The van der Waals surface area contributed by atoms with Gasteiger partial charge in [-0.05, 0) is 86.8 Å². The molecule has 0 saturated carbocycles. The summed E-state index contributed by atoms with van der Waals surface area (Å²) in [5.74, 6) is 2.97. The number of hydrogen-bond donors (Lipinski definition) is 0. The minimum absolute atomic E-state index is 0. The zero-order chi connectivity index (χ0) is 53.8. The standard InChI is InChI=1S/C60H43N5O2.Pt/c1-60(2,3)43-34-35-61-57(36-43)64-51-27-11-10-24-49(51)50-33-32-46(38-54(50)64)66-45-23-16-22-44(37-45)63-40-62(39-58(63)65-52-28-12-14-30-55(52)67-56-31-15-13-29-53(56)65)59-47(41-18-6-4-7-19-41)25-17-26-48(59)42-20-8-5-9-21-42;/h4-36,39H,1-3H3;/q-2;/i4D,5D,6D,7D,8D,9D,18D,19D,20D,21D;. The van der Waals surface area contributed by atoms with Crippen LogP contribution in [0.4, 0.5) is 17.2 Å². The molecule has 0 unspecified atom stereocenters. The summed E-state index contributed by atoms with van der Waals surface area (Å²) in [6.45, 7) is 6.50. The Balaban J connectivity index is 0.00000645. The van der Waals surface area contributed by atoms with Crippen LogP contribution >= 0.6 is 0 Å². The molecule has 0 amide bonds. The molecule has 0 fully saturated rings. The van der Waals surface area contributed by atoms with Crippen molar-refractivity contribution in [1.82, 2.24) is 14.1 Å². The monoisotopic (exact) mass is 1070 g/mol. The number of aromatic nitrogens is 4. The third kappa shape index (κ3) is 7.55. The molecule has 0 bridgehead atoms. The molecule has 4 heterocycles. The number of para-hydroxylation sites is 6. The van der Waals surface area contributed by atoms with E-state index in [2.05, 4.69) is 62.0 Å². The third-order valence-corrected chi connectivity index (χ3v) is 11.8. The van der Waals surface area contributed by atoms with Crippen LogP contribution in [0.5, 0.6) is 23.0 Å². The molecule has 0 spiro atoms. The summed E-state index contributed by atoms with van der Waals surface area (Å²) < 4.78 is 107. The fourth-order valence-electron chi connectivity index (χ4n) is 8.66. The molecule has 0 atom stereocenters. The van der Waals surface area contributed by atoms with Gasteiger partial charge in [-0.15, -0.1) is 29.7 Å². The van der Waals surface area contributed by atoms with Crippen LogP contribution < -0.4 is 18.9 Å². The number of nitrogens with zero attached hydrogens (tertiary/aromatic N) is 5. The fraction of sp³-hybridized carbons (Fsp3) is 0.0667. The van der Waals surface area contributed by atoms with Gasteiger partial charge in [-0.2, -0.15) is 18.2 Å². The maximum Gasteiger partial charge on any atom is 0.268 e. The van der Waals surface area contributed by atoms with Crippen molar-refractivity contribution in [3.05, 3.63) is 230 Å². The first-order valence-electron chi connectivity index (χ1n) is 26.6. The number of fused-ring (bicyclic) bond motifs is 5. The van der Waals surface area contributed by atoms with E-state index >= 15 is 0 Å². The molecular weight excluding hydrogens is 1020 g/mol. The summed E-state index contributed by atoms with van der Waals surface area (Å²) in [5.41, 5.74) is 4.38. The predicted molar refractivity (Wildman–Crippen MR) is 267 cm³/mol. The normalized spacial score (nSPS) is 14.1. The summed E-state index contributed by atoms with van der Waals surface area (Å²) in [4.78, 5) is 6.79. The van der Waals surface area contributed by atoms with Crippen LogP contribution in [0.2, 0.25) is 0 Å². The van der Waals surface area contributed by atoms with Crippen molar-refractivity contribution in [2.45, 2.75) is 26.2 Å². The van der Waals surface area contributed by atoms with Gasteiger partial charge >= 0.3 is 0 Å². The largest absolute Gasteiger partial charge is 0.510 e. The van der Waals surface area contributed by atoms with Crippen molar-refractivity contribution in [3.63, 3.8) is 0 Å². The number of anilines is 3. The first-order valence-corrected chi connectivity index (χ1v) is 21.6. The third-order valence-electron chi connectivity index (χ3n) is 11.8. The van der Waals surface area contributed by atoms with Crippen molar-refractivity contribution in [2.75, 3.05) is 4.90 Å². The summed E-state index contributed by atoms with van der Waals surface area (Å²) in [6.07, 6.45) is 7.01. The number of ether oxygens (including phenoxy) is 2. The van der Waals surface area contributed by atoms with Gasteiger partial charge in [0, 0.05) is 44.3 Å². The van der Waals surface area contributed by atoms with Crippen LogP contribution in [0.3, 0.4) is 0 Å². The van der Waals surface area contributed by atoms with Gasteiger partial charge in [0.15, 0.2) is 11.5 Å². The molecule has 0 saturated heterocycles. The van der Waals surface area contributed by atoms with Gasteiger partial charge in [-0.1, -0.05) is 147 Å². The molecule has 1 aliphatic heterocycles. The first kappa shape index (κ1) is 32.6. The molecule has 332 valence electrons. The Morgan fingerprint density at radius 1 is 0.647 bits per heavy atom. The van der Waals surface area contributed by atoms with E-state index in [-0.39, 0.29) is 54.4 Å². The van der Waals surface area contributed by atoms with Crippen LogP contribution in [-0.4, -0.2) is 14.1 Å². The van der Waals surface area contributed by atoms with Crippen molar-refractivity contribution >= 4 is 39.0 Å². The summed E-state index contributed by atoms with van der Waals surface area (Å²) in [5, 5.41) is 1.99. The zero-order valence-electron chi connectivity index (χ0n) is 46.7. The second-order valence-electron chi connectivity index (χ2n) is 17.0. The Bertz CT molecular complexity index is 4080. The molecule has 3 aromatic heterocycles. The number of pyridine rings is 1. The maximum absolute atomic E-state index is 9.16. The molecule has 1 aliphatic rings. The van der Waals surface area contributed by atoms with Gasteiger partial charge in [0.2, 0.25) is 0 Å². The van der Waals surface area contributed by atoms with E-state index < -0.39 is 60.4 Å². The molecule has 0 radical (unpaired) electrons. The topological polar surface area (TPSA) is 48.3 Å². The smallest absolute Gasteiger partial charge is 0.268 e. The maximum atomic E-state index is 9.16. The minimum atomic E-state index is -0.593. The van der Waals surface area contributed by atoms with E-state index in [1.807, 2.05) is 96.0 Å². The van der Waals surface area contributed by atoms with E-state index in [0.717, 1.165) is 33.2 Å². The average Bonchev–Trinajstić information content (AvgIpc) is 4.22. The summed E-state index contributed by atoms with van der Waals surface area (Å²) in [7, 11) is 0. The Hall–Kier alpha value is -7.99. The second-order valence-corrected chi connectivity index (χ2v) is 17.0. The van der Waals surface area contributed by atoms with Gasteiger partial charge in [0.05, 0.1) is 37.0 Å². The van der Waals surface area contributed by atoms with Crippen molar-refractivity contribution in [3.8, 4) is 62.4 Å². The van der Waals surface area contributed by atoms with Crippen LogP contribution in [-0.2, 0) is 26.5 Å². The Morgan fingerprint density at radius 2 is 1.28 bits per heavy atom. The Kier molecular flexibility index (Phi) is 8.32. The number of benzene rings is 8. The predicted octanol–water partition coefficient (Wildman–Crippen LogP) is 14.6. The molecule has 11 aromatic rings. The van der Waals surface area contributed by atoms with Crippen molar-refractivity contribution in [2.24, 2.45) is 0 Å². The Morgan fingerprint density at radius 3 is 1.97 bits per heavy atom. The molecule has 68 heavy (non-hydrogen) atoms. The van der Waals surface area contributed by atoms with Gasteiger partial charge in [0.1, 0.15) is 11.6 Å². The van der Waals surface area contributed by atoms with E-state index in [1.54, 1.807) is 45.7 Å². The van der Waals surface area contributed by atoms with E-state index in [4.69, 9.17) is 28.2 Å². The van der Waals surface area contributed by atoms with Gasteiger partial charge in [-0.3, -0.25) is 4.57 Å². The number of rotatable bonds is 8. The zero-order valence-corrected chi connectivity index (χ0v) is 39.0. The molecule has 8 aromatic carbocycles. The SMILES string of the molecule is [2H]c1c([2H])c([2H])c(-c2cccc(-c3c([2H])c([2H])c([2H])c([2H])c3[2H])c2-[n+]2[c-]n(-c3[c-]c(Oc4[c-]c5c(cc4)c4ccccc4n5-c4cc(C(C)(C)C)ccn4)ccc3)c(N3c4ccccc4Oc4ccccc43)c2)c([2H])c1[2H].[Pt]. The molecule has 8 heteroatoms. The molecule has 0 N–H and O–H groups in total. The first-order chi connectivity index (χ1) is 37.0. The molecule has 12 rings (SSSR count). The second kappa shape index (κ2) is 17.3. The van der Waals surface area contributed by atoms with E-state index in [9.17, 15) is 0 Å². The van der Waals surface area contributed by atoms with Crippen molar-refractivity contribution in [1.29, 1.82) is 0 Å². The van der Waals surface area contributed by atoms with Crippen LogP contribution in [0.15, 0.2) is 206 Å². The van der Waals surface area contributed by atoms with Gasteiger partial charge < -0.3 is 23.5 Å². The van der Waals surface area contributed by atoms with Crippen molar-refractivity contribution < 1.29 is 48.8 Å². The Labute approximate surface area is 424 Å². The number of hydrogen-bond acceptors (Lipinski definition) is 4. The van der Waals surface area contributed by atoms with Crippen LogP contribution in [0, 0.1) is 18.5 Å². The quantitative estimate of drug-likeness (QED) is 0.112. The van der Waals surface area contributed by atoms with E-state index in [0.29, 0.717) is 45.9 Å². The summed E-state index contributed by atoms with van der Waals surface area (Å²) in [6, 6.07) is 42.7. The van der Waals surface area contributed by atoms with E-state index in [1.165, 1.54) is 0 Å². The van der Waals surface area contributed by atoms with Crippen LogP contribution in [0.25, 0.3) is 61.3 Å². The molecule has 7 nitrogen and oxygen atoms in total.